The smallest absolute Gasteiger partial charge is 0.253 e. The van der Waals surface area contributed by atoms with Crippen molar-refractivity contribution in [3.05, 3.63) is 58.6 Å². The first-order chi connectivity index (χ1) is 11.9. The van der Waals surface area contributed by atoms with Gasteiger partial charge in [-0.1, -0.05) is 23.7 Å². The van der Waals surface area contributed by atoms with Gasteiger partial charge in [0.1, 0.15) is 5.75 Å². The molecule has 0 unspecified atom stereocenters. The number of halogens is 1. The number of anilines is 1. The standard InChI is InChI=1S/C19H21ClN2O3/c1-22(2)19(24)14-7-10-16(20)17(12-14)21-18(23)11-6-13-4-8-15(25-3)9-5-13/h4-5,7-10,12H,6,11H2,1-3H3,(H,21,23). The molecule has 0 spiro atoms. The van der Waals surface area contributed by atoms with Gasteiger partial charge in [0, 0.05) is 26.1 Å². The topological polar surface area (TPSA) is 58.6 Å². The Morgan fingerprint density at radius 3 is 2.40 bits per heavy atom. The van der Waals surface area contributed by atoms with E-state index in [2.05, 4.69) is 5.32 Å². The van der Waals surface area contributed by atoms with Crippen LogP contribution >= 0.6 is 11.6 Å². The van der Waals surface area contributed by atoms with Crippen LogP contribution in [0.5, 0.6) is 5.75 Å². The maximum atomic E-state index is 12.2. The van der Waals surface area contributed by atoms with E-state index in [1.165, 1.54) is 4.90 Å². The van der Waals surface area contributed by atoms with E-state index in [1.807, 2.05) is 24.3 Å². The Morgan fingerprint density at radius 1 is 1.12 bits per heavy atom. The van der Waals surface area contributed by atoms with E-state index in [-0.39, 0.29) is 11.8 Å². The largest absolute Gasteiger partial charge is 0.497 e. The number of hydrogen-bond acceptors (Lipinski definition) is 3. The molecule has 0 saturated carbocycles. The van der Waals surface area contributed by atoms with Crippen molar-refractivity contribution < 1.29 is 14.3 Å². The monoisotopic (exact) mass is 360 g/mol. The molecule has 0 fully saturated rings. The van der Waals surface area contributed by atoms with Crippen LogP contribution in [0.2, 0.25) is 5.02 Å². The molecule has 6 heteroatoms. The first-order valence-electron chi connectivity index (χ1n) is 7.84. The van der Waals surface area contributed by atoms with Gasteiger partial charge in [0.2, 0.25) is 5.91 Å². The van der Waals surface area contributed by atoms with Crippen LogP contribution in [0.3, 0.4) is 0 Å². The predicted molar refractivity (Wildman–Crippen MR) is 99.4 cm³/mol. The molecule has 132 valence electrons. The van der Waals surface area contributed by atoms with Gasteiger partial charge in [-0.15, -0.1) is 0 Å². The summed E-state index contributed by atoms with van der Waals surface area (Å²) in [6.45, 7) is 0. The minimum absolute atomic E-state index is 0.148. The van der Waals surface area contributed by atoms with Crippen LogP contribution in [0, 0.1) is 0 Å². The van der Waals surface area contributed by atoms with Crippen LogP contribution < -0.4 is 10.1 Å². The highest BCUT2D eigenvalue weighted by Gasteiger charge is 2.12. The number of carbonyl (C=O) groups is 2. The van der Waals surface area contributed by atoms with Gasteiger partial charge in [0.05, 0.1) is 17.8 Å². The molecule has 0 bridgehead atoms. The molecule has 2 rings (SSSR count). The first-order valence-corrected chi connectivity index (χ1v) is 8.22. The zero-order valence-electron chi connectivity index (χ0n) is 14.5. The number of carbonyl (C=O) groups excluding carboxylic acids is 2. The van der Waals surface area contributed by atoms with Crippen molar-refractivity contribution >= 4 is 29.1 Å². The number of nitrogens with zero attached hydrogens (tertiary/aromatic N) is 1. The lowest BCUT2D eigenvalue weighted by Gasteiger charge is -2.13. The molecule has 25 heavy (non-hydrogen) atoms. The van der Waals surface area contributed by atoms with Gasteiger partial charge in [-0.05, 0) is 42.3 Å². The van der Waals surface area contributed by atoms with Crippen LogP contribution in [0.25, 0.3) is 0 Å². The molecule has 0 aliphatic carbocycles. The number of aryl methyl sites for hydroxylation is 1. The number of methoxy groups -OCH3 is 1. The molecule has 2 amide bonds. The summed E-state index contributed by atoms with van der Waals surface area (Å²) in [5, 5.41) is 3.17. The molecule has 5 nitrogen and oxygen atoms in total. The maximum Gasteiger partial charge on any atom is 0.253 e. The summed E-state index contributed by atoms with van der Waals surface area (Å²) >= 11 is 6.12. The van der Waals surface area contributed by atoms with Crippen molar-refractivity contribution in [2.24, 2.45) is 0 Å². The third kappa shape index (κ3) is 5.22. The van der Waals surface area contributed by atoms with Gasteiger partial charge in [-0.2, -0.15) is 0 Å². The Balaban J connectivity index is 1.99. The maximum absolute atomic E-state index is 12.2. The molecule has 0 aliphatic rings. The molecular weight excluding hydrogens is 340 g/mol. The van der Waals surface area contributed by atoms with Crippen molar-refractivity contribution in [2.45, 2.75) is 12.8 Å². The van der Waals surface area contributed by atoms with E-state index in [0.29, 0.717) is 29.1 Å². The van der Waals surface area contributed by atoms with E-state index in [9.17, 15) is 9.59 Å². The SMILES string of the molecule is COc1ccc(CCC(=O)Nc2cc(C(=O)N(C)C)ccc2Cl)cc1. The van der Waals surface area contributed by atoms with E-state index >= 15 is 0 Å². The Morgan fingerprint density at radius 2 is 1.80 bits per heavy atom. The lowest BCUT2D eigenvalue weighted by Crippen LogP contribution is -2.22. The van der Waals surface area contributed by atoms with Gasteiger partial charge >= 0.3 is 0 Å². The van der Waals surface area contributed by atoms with Gasteiger partial charge in [0.25, 0.3) is 5.91 Å². The second kappa shape index (κ2) is 8.53. The van der Waals surface area contributed by atoms with Crippen LogP contribution in [0.1, 0.15) is 22.3 Å². The molecule has 0 heterocycles. The van der Waals surface area contributed by atoms with E-state index < -0.39 is 0 Å². The fourth-order valence-electron chi connectivity index (χ4n) is 2.28. The molecule has 0 saturated heterocycles. The lowest BCUT2D eigenvalue weighted by molar-refractivity contribution is -0.116. The zero-order chi connectivity index (χ0) is 18.4. The summed E-state index contributed by atoms with van der Waals surface area (Å²) in [5.74, 6) is 0.472. The lowest BCUT2D eigenvalue weighted by atomic mass is 10.1. The minimum atomic E-state index is -0.160. The van der Waals surface area contributed by atoms with E-state index in [0.717, 1.165) is 11.3 Å². The van der Waals surface area contributed by atoms with Crippen molar-refractivity contribution in [3.63, 3.8) is 0 Å². The molecular formula is C19H21ClN2O3. The van der Waals surface area contributed by atoms with Crippen LogP contribution in [0.4, 0.5) is 5.69 Å². The molecule has 2 aromatic carbocycles. The molecule has 0 aliphatic heterocycles. The van der Waals surface area contributed by atoms with E-state index in [4.69, 9.17) is 16.3 Å². The van der Waals surface area contributed by atoms with Crippen LogP contribution in [-0.2, 0) is 11.2 Å². The summed E-state index contributed by atoms with van der Waals surface area (Å²) in [5.41, 5.74) is 1.95. The van der Waals surface area contributed by atoms with Crippen molar-refractivity contribution in [3.8, 4) is 5.75 Å². The summed E-state index contributed by atoms with van der Waals surface area (Å²) < 4.78 is 5.11. The van der Waals surface area contributed by atoms with Gasteiger partial charge < -0.3 is 15.0 Å². The molecule has 2 aromatic rings. The van der Waals surface area contributed by atoms with Gasteiger partial charge in [-0.3, -0.25) is 9.59 Å². The van der Waals surface area contributed by atoms with E-state index in [1.54, 1.807) is 39.4 Å². The summed E-state index contributed by atoms with van der Waals surface area (Å²) in [6, 6.07) is 12.4. The first kappa shape index (κ1) is 18.8. The molecule has 0 radical (unpaired) electrons. The molecule has 0 atom stereocenters. The Labute approximate surface area is 152 Å². The third-order valence-corrected chi connectivity index (χ3v) is 4.02. The molecule has 1 N–H and O–H groups in total. The number of hydrogen-bond donors (Lipinski definition) is 1. The predicted octanol–water partition coefficient (Wildman–Crippen LogP) is 3.62. The summed E-state index contributed by atoms with van der Waals surface area (Å²) in [7, 11) is 4.95. The normalized spacial score (nSPS) is 10.2. The van der Waals surface area contributed by atoms with Gasteiger partial charge in [0.15, 0.2) is 0 Å². The second-order valence-electron chi connectivity index (χ2n) is 5.79. The average Bonchev–Trinajstić information content (AvgIpc) is 2.61. The fourth-order valence-corrected chi connectivity index (χ4v) is 2.44. The van der Waals surface area contributed by atoms with Crippen molar-refractivity contribution in [2.75, 3.05) is 26.5 Å². The van der Waals surface area contributed by atoms with Gasteiger partial charge in [-0.25, -0.2) is 0 Å². The van der Waals surface area contributed by atoms with Crippen molar-refractivity contribution in [1.82, 2.24) is 4.90 Å². The highest BCUT2D eigenvalue weighted by molar-refractivity contribution is 6.33. The van der Waals surface area contributed by atoms with Crippen LogP contribution in [0.15, 0.2) is 42.5 Å². The summed E-state index contributed by atoms with van der Waals surface area (Å²) in [6.07, 6.45) is 0.915. The Hall–Kier alpha value is -2.53. The quantitative estimate of drug-likeness (QED) is 0.855. The zero-order valence-corrected chi connectivity index (χ0v) is 15.3. The average molecular weight is 361 g/mol. The summed E-state index contributed by atoms with van der Waals surface area (Å²) in [4.78, 5) is 25.7. The Bertz CT molecular complexity index is 758. The number of ether oxygens (including phenoxy) is 1. The number of benzene rings is 2. The Kier molecular flexibility index (Phi) is 6.42. The number of rotatable bonds is 6. The number of nitrogens with one attached hydrogen (secondary N) is 1. The number of amides is 2. The fraction of sp³-hybridized carbons (Fsp3) is 0.263. The van der Waals surface area contributed by atoms with Crippen LogP contribution in [-0.4, -0.2) is 37.9 Å². The highest BCUT2D eigenvalue weighted by atomic mass is 35.5. The minimum Gasteiger partial charge on any atom is -0.497 e. The van der Waals surface area contributed by atoms with Crippen molar-refractivity contribution in [1.29, 1.82) is 0 Å². The third-order valence-electron chi connectivity index (χ3n) is 3.69. The highest BCUT2D eigenvalue weighted by Crippen LogP contribution is 2.24. The molecule has 0 aromatic heterocycles. The second-order valence-corrected chi connectivity index (χ2v) is 6.20.